The SMILES string of the molecule is CCOC(=O)C1CCN(C(=O)Cn2ccccc2=O)CC1. The predicted molar refractivity (Wildman–Crippen MR) is 76.6 cm³/mol. The second-order valence-corrected chi connectivity index (χ2v) is 5.07. The molecule has 1 aliphatic rings. The Hall–Kier alpha value is -2.11. The molecule has 2 heterocycles. The Morgan fingerprint density at radius 1 is 1.29 bits per heavy atom. The van der Waals surface area contributed by atoms with Gasteiger partial charge in [0.1, 0.15) is 6.54 Å². The topological polar surface area (TPSA) is 68.6 Å². The molecular formula is C15H20N2O4. The maximum atomic E-state index is 12.2. The highest BCUT2D eigenvalue weighted by molar-refractivity contribution is 5.77. The molecule has 1 saturated heterocycles. The van der Waals surface area contributed by atoms with Crippen LogP contribution in [0.2, 0.25) is 0 Å². The third-order valence-electron chi connectivity index (χ3n) is 3.67. The van der Waals surface area contributed by atoms with Crippen LogP contribution >= 0.6 is 0 Å². The summed E-state index contributed by atoms with van der Waals surface area (Å²) in [5.41, 5.74) is -0.188. The van der Waals surface area contributed by atoms with Crippen molar-refractivity contribution < 1.29 is 14.3 Å². The van der Waals surface area contributed by atoms with Crippen LogP contribution in [-0.4, -0.2) is 41.0 Å². The maximum Gasteiger partial charge on any atom is 0.309 e. The summed E-state index contributed by atoms with van der Waals surface area (Å²) < 4.78 is 6.39. The van der Waals surface area contributed by atoms with Crippen molar-refractivity contribution in [1.29, 1.82) is 0 Å². The van der Waals surface area contributed by atoms with E-state index < -0.39 is 0 Å². The Labute approximate surface area is 123 Å². The number of aromatic nitrogens is 1. The standard InChI is InChI=1S/C15H20N2O4/c1-2-21-15(20)12-6-9-16(10-7-12)14(19)11-17-8-4-3-5-13(17)18/h3-5,8,12H,2,6-7,9-11H2,1H3. The fraction of sp³-hybridized carbons (Fsp3) is 0.533. The molecule has 1 aromatic rings. The number of amides is 1. The number of hydrogen-bond acceptors (Lipinski definition) is 4. The molecule has 0 radical (unpaired) electrons. The number of rotatable bonds is 4. The smallest absolute Gasteiger partial charge is 0.309 e. The second kappa shape index (κ2) is 7.06. The van der Waals surface area contributed by atoms with Gasteiger partial charge in [-0.25, -0.2) is 0 Å². The number of carbonyl (C=O) groups excluding carboxylic acids is 2. The Balaban J connectivity index is 1.87. The molecule has 6 heteroatoms. The molecular weight excluding hydrogens is 272 g/mol. The van der Waals surface area contributed by atoms with Gasteiger partial charge in [0.15, 0.2) is 0 Å². The lowest BCUT2D eigenvalue weighted by atomic mass is 9.97. The van der Waals surface area contributed by atoms with Crippen LogP contribution in [-0.2, 0) is 20.9 Å². The first-order valence-corrected chi connectivity index (χ1v) is 7.21. The lowest BCUT2D eigenvalue weighted by Gasteiger charge is -2.31. The van der Waals surface area contributed by atoms with Crippen LogP contribution in [0.5, 0.6) is 0 Å². The van der Waals surface area contributed by atoms with Gasteiger partial charge in [0.25, 0.3) is 5.56 Å². The van der Waals surface area contributed by atoms with E-state index >= 15 is 0 Å². The lowest BCUT2D eigenvalue weighted by molar-refractivity contribution is -0.151. The minimum atomic E-state index is -0.188. The second-order valence-electron chi connectivity index (χ2n) is 5.07. The quantitative estimate of drug-likeness (QED) is 0.764. The molecule has 114 valence electrons. The van der Waals surface area contributed by atoms with Crippen molar-refractivity contribution in [1.82, 2.24) is 9.47 Å². The van der Waals surface area contributed by atoms with Crippen molar-refractivity contribution in [3.8, 4) is 0 Å². The highest BCUT2D eigenvalue weighted by atomic mass is 16.5. The molecule has 21 heavy (non-hydrogen) atoms. The van der Waals surface area contributed by atoms with Crippen molar-refractivity contribution in [2.24, 2.45) is 5.92 Å². The van der Waals surface area contributed by atoms with Crippen LogP contribution in [0.15, 0.2) is 29.2 Å². The summed E-state index contributed by atoms with van der Waals surface area (Å²) in [5, 5.41) is 0. The van der Waals surface area contributed by atoms with Crippen molar-refractivity contribution in [2.75, 3.05) is 19.7 Å². The van der Waals surface area contributed by atoms with Gasteiger partial charge in [-0.15, -0.1) is 0 Å². The third-order valence-corrected chi connectivity index (χ3v) is 3.67. The highest BCUT2D eigenvalue weighted by Crippen LogP contribution is 2.18. The van der Waals surface area contributed by atoms with Crippen LogP contribution in [0, 0.1) is 5.92 Å². The van der Waals surface area contributed by atoms with E-state index in [2.05, 4.69) is 0 Å². The van der Waals surface area contributed by atoms with Crippen molar-refractivity contribution in [3.63, 3.8) is 0 Å². The third kappa shape index (κ3) is 3.93. The number of esters is 1. The van der Waals surface area contributed by atoms with E-state index in [1.165, 1.54) is 10.6 Å². The van der Waals surface area contributed by atoms with E-state index in [0.29, 0.717) is 32.5 Å². The molecule has 0 atom stereocenters. The summed E-state index contributed by atoms with van der Waals surface area (Å²) in [4.78, 5) is 37.1. The zero-order chi connectivity index (χ0) is 15.2. The predicted octanol–water partition coefficient (Wildman–Crippen LogP) is 0.650. The lowest BCUT2D eigenvalue weighted by Crippen LogP contribution is -2.43. The summed E-state index contributed by atoms with van der Waals surface area (Å²) in [6.45, 7) is 3.28. The molecule has 0 N–H and O–H groups in total. The van der Waals surface area contributed by atoms with Gasteiger partial charge in [-0.05, 0) is 25.8 Å². The summed E-state index contributed by atoms with van der Waals surface area (Å²) in [7, 11) is 0. The summed E-state index contributed by atoms with van der Waals surface area (Å²) >= 11 is 0. The fourth-order valence-electron chi connectivity index (χ4n) is 2.46. The Morgan fingerprint density at radius 2 is 2.00 bits per heavy atom. The molecule has 1 aliphatic heterocycles. The van der Waals surface area contributed by atoms with Gasteiger partial charge >= 0.3 is 5.97 Å². The Bertz CT molecular complexity index is 559. The number of ether oxygens (including phenoxy) is 1. The van der Waals surface area contributed by atoms with Crippen molar-refractivity contribution in [2.45, 2.75) is 26.3 Å². The molecule has 1 fully saturated rings. The first kappa shape index (κ1) is 15.3. The van der Waals surface area contributed by atoms with Crippen LogP contribution < -0.4 is 5.56 Å². The van der Waals surface area contributed by atoms with E-state index in [1.54, 1.807) is 30.2 Å². The molecule has 0 aliphatic carbocycles. The number of nitrogens with zero attached hydrogens (tertiary/aromatic N) is 2. The number of piperidine rings is 1. The fourth-order valence-corrected chi connectivity index (χ4v) is 2.46. The van der Waals surface area contributed by atoms with E-state index in [4.69, 9.17) is 4.74 Å². The van der Waals surface area contributed by atoms with E-state index in [-0.39, 0.29) is 29.9 Å². The van der Waals surface area contributed by atoms with Crippen molar-refractivity contribution in [3.05, 3.63) is 34.7 Å². The van der Waals surface area contributed by atoms with Crippen LogP contribution in [0.25, 0.3) is 0 Å². The van der Waals surface area contributed by atoms with E-state index in [0.717, 1.165) is 0 Å². The minimum absolute atomic E-state index is 0.0454. The summed E-state index contributed by atoms with van der Waals surface area (Å²) in [6.07, 6.45) is 2.84. The molecule has 0 unspecified atom stereocenters. The maximum absolute atomic E-state index is 12.2. The minimum Gasteiger partial charge on any atom is -0.466 e. The van der Waals surface area contributed by atoms with Gasteiger partial charge in [0.05, 0.1) is 12.5 Å². The molecule has 2 rings (SSSR count). The number of pyridine rings is 1. The molecule has 6 nitrogen and oxygen atoms in total. The normalized spacial score (nSPS) is 15.8. The van der Waals surface area contributed by atoms with Gasteiger partial charge in [-0.2, -0.15) is 0 Å². The van der Waals surface area contributed by atoms with Gasteiger partial charge in [0, 0.05) is 25.4 Å². The molecule has 0 saturated carbocycles. The first-order valence-electron chi connectivity index (χ1n) is 7.21. The molecule has 1 aromatic heterocycles. The van der Waals surface area contributed by atoms with E-state index in [1.807, 2.05) is 0 Å². The Kier molecular flexibility index (Phi) is 5.14. The number of carbonyl (C=O) groups is 2. The van der Waals surface area contributed by atoms with Crippen molar-refractivity contribution >= 4 is 11.9 Å². The summed E-state index contributed by atoms with van der Waals surface area (Å²) in [5.74, 6) is -0.386. The monoisotopic (exact) mass is 292 g/mol. The van der Waals surface area contributed by atoms with Gasteiger partial charge in [-0.3, -0.25) is 14.4 Å². The summed E-state index contributed by atoms with van der Waals surface area (Å²) in [6, 6.07) is 4.80. The average molecular weight is 292 g/mol. The number of hydrogen-bond donors (Lipinski definition) is 0. The zero-order valence-corrected chi connectivity index (χ0v) is 12.2. The van der Waals surface area contributed by atoms with Crippen LogP contribution in [0.4, 0.5) is 0 Å². The van der Waals surface area contributed by atoms with E-state index in [9.17, 15) is 14.4 Å². The first-order chi connectivity index (χ1) is 10.1. The molecule has 1 amide bonds. The van der Waals surface area contributed by atoms with Crippen LogP contribution in [0.3, 0.4) is 0 Å². The van der Waals surface area contributed by atoms with Crippen LogP contribution in [0.1, 0.15) is 19.8 Å². The van der Waals surface area contributed by atoms with Gasteiger partial charge in [0.2, 0.25) is 5.91 Å². The molecule has 0 bridgehead atoms. The largest absolute Gasteiger partial charge is 0.466 e. The average Bonchev–Trinajstić information content (AvgIpc) is 2.50. The molecule has 0 spiro atoms. The number of likely N-dealkylation sites (tertiary alicyclic amines) is 1. The molecule has 0 aromatic carbocycles. The Morgan fingerprint density at radius 3 is 2.62 bits per heavy atom. The zero-order valence-electron chi connectivity index (χ0n) is 12.2. The highest BCUT2D eigenvalue weighted by Gasteiger charge is 2.28. The van der Waals surface area contributed by atoms with Gasteiger partial charge in [-0.1, -0.05) is 6.07 Å². The van der Waals surface area contributed by atoms with Gasteiger partial charge < -0.3 is 14.2 Å².